The van der Waals surface area contributed by atoms with Gasteiger partial charge in [-0.1, -0.05) is 52.2 Å². The number of esters is 1. The van der Waals surface area contributed by atoms with E-state index in [0.29, 0.717) is 23.1 Å². The van der Waals surface area contributed by atoms with Crippen molar-refractivity contribution in [1.82, 2.24) is 5.32 Å². The average molecular weight is 398 g/mol. The molecule has 1 atom stereocenters. The second-order valence-electron chi connectivity index (χ2n) is 6.36. The molecule has 0 saturated heterocycles. The number of ether oxygens (including phenoxy) is 1. The smallest absolute Gasteiger partial charge is 0.328 e. The summed E-state index contributed by atoms with van der Waals surface area (Å²) < 4.78 is 6.06. The molecule has 0 heterocycles. The van der Waals surface area contributed by atoms with Gasteiger partial charge < -0.3 is 10.1 Å². The summed E-state index contributed by atoms with van der Waals surface area (Å²) in [5, 5.41) is 2.81. The van der Waals surface area contributed by atoms with E-state index in [0.717, 1.165) is 25.7 Å². The zero-order valence-corrected chi connectivity index (χ0v) is 16.4. The number of benzene rings is 1. The number of unbranched alkanes of at least 4 members (excludes halogenated alkanes) is 3. The highest BCUT2D eigenvalue weighted by Crippen LogP contribution is 2.16. The van der Waals surface area contributed by atoms with Crippen LogP contribution >= 0.6 is 15.9 Å². The third kappa shape index (κ3) is 7.47. The van der Waals surface area contributed by atoms with Crippen molar-refractivity contribution in [1.29, 1.82) is 0 Å². The van der Waals surface area contributed by atoms with E-state index in [1.807, 2.05) is 19.9 Å². The Labute approximate surface area is 153 Å². The Hall–Kier alpha value is -1.36. The molecule has 0 radical (unpaired) electrons. The van der Waals surface area contributed by atoms with E-state index in [9.17, 15) is 9.59 Å². The van der Waals surface area contributed by atoms with Crippen LogP contribution in [0.5, 0.6) is 0 Å². The molecule has 4 nitrogen and oxygen atoms in total. The number of amides is 1. The summed E-state index contributed by atoms with van der Waals surface area (Å²) in [4.78, 5) is 24.7. The molecule has 0 aliphatic carbocycles. The van der Waals surface area contributed by atoms with Gasteiger partial charge in [0.15, 0.2) is 0 Å². The molecule has 1 amide bonds. The molecular formula is C19H28BrNO3. The molecule has 0 aromatic heterocycles. The molecule has 0 spiro atoms. The van der Waals surface area contributed by atoms with Crippen LogP contribution in [0, 0.1) is 5.92 Å². The van der Waals surface area contributed by atoms with E-state index in [4.69, 9.17) is 4.74 Å². The molecule has 0 fully saturated rings. The Morgan fingerprint density at radius 2 is 1.88 bits per heavy atom. The Morgan fingerprint density at radius 3 is 2.50 bits per heavy atom. The van der Waals surface area contributed by atoms with Crippen molar-refractivity contribution in [2.24, 2.45) is 5.92 Å². The Kier molecular flexibility index (Phi) is 9.69. The van der Waals surface area contributed by atoms with Gasteiger partial charge in [0.1, 0.15) is 6.04 Å². The molecule has 0 bridgehead atoms. The van der Waals surface area contributed by atoms with Crippen LogP contribution in [-0.2, 0) is 9.53 Å². The van der Waals surface area contributed by atoms with Crippen molar-refractivity contribution in [3.8, 4) is 0 Å². The maximum absolute atomic E-state index is 12.4. The highest BCUT2D eigenvalue weighted by Gasteiger charge is 2.24. The fourth-order valence-electron chi connectivity index (χ4n) is 2.37. The minimum absolute atomic E-state index is 0.268. The highest BCUT2D eigenvalue weighted by molar-refractivity contribution is 9.10. The SMILES string of the molecule is CCCCCCOC(=O)C(CC(C)C)NC(=O)c1ccccc1Br. The molecule has 134 valence electrons. The maximum atomic E-state index is 12.4. The van der Waals surface area contributed by atoms with Gasteiger partial charge in [0.25, 0.3) is 5.91 Å². The summed E-state index contributed by atoms with van der Waals surface area (Å²) in [5.74, 6) is -0.334. The van der Waals surface area contributed by atoms with Crippen LogP contribution < -0.4 is 5.32 Å². The van der Waals surface area contributed by atoms with E-state index in [-0.39, 0.29) is 17.8 Å². The fraction of sp³-hybridized carbons (Fsp3) is 0.579. The first-order valence-corrected chi connectivity index (χ1v) is 9.47. The van der Waals surface area contributed by atoms with E-state index >= 15 is 0 Å². The number of rotatable bonds is 10. The van der Waals surface area contributed by atoms with Crippen LogP contribution in [0.25, 0.3) is 0 Å². The number of carbonyl (C=O) groups is 2. The summed E-state index contributed by atoms with van der Waals surface area (Å²) in [7, 11) is 0. The van der Waals surface area contributed by atoms with E-state index in [1.165, 1.54) is 0 Å². The lowest BCUT2D eigenvalue weighted by molar-refractivity contribution is -0.146. The summed E-state index contributed by atoms with van der Waals surface area (Å²) in [6.45, 7) is 6.60. The van der Waals surface area contributed by atoms with Crippen molar-refractivity contribution in [3.63, 3.8) is 0 Å². The van der Waals surface area contributed by atoms with Gasteiger partial charge in [-0.05, 0) is 46.8 Å². The van der Waals surface area contributed by atoms with Gasteiger partial charge in [-0.2, -0.15) is 0 Å². The molecule has 0 aliphatic heterocycles. The average Bonchev–Trinajstić information content (AvgIpc) is 2.53. The first kappa shape index (κ1) is 20.7. The van der Waals surface area contributed by atoms with Crippen LogP contribution in [-0.4, -0.2) is 24.5 Å². The molecule has 24 heavy (non-hydrogen) atoms. The standard InChI is InChI=1S/C19H28BrNO3/c1-4-5-6-9-12-24-19(23)17(13-14(2)3)21-18(22)15-10-7-8-11-16(15)20/h7-8,10-11,14,17H,4-6,9,12-13H2,1-3H3,(H,21,22). The number of hydrogen-bond acceptors (Lipinski definition) is 3. The van der Waals surface area contributed by atoms with E-state index < -0.39 is 6.04 Å². The summed E-state index contributed by atoms with van der Waals surface area (Å²) in [6, 6.07) is 6.55. The lowest BCUT2D eigenvalue weighted by Crippen LogP contribution is -2.43. The first-order chi connectivity index (χ1) is 11.5. The largest absolute Gasteiger partial charge is 0.464 e. The van der Waals surface area contributed by atoms with Gasteiger partial charge >= 0.3 is 5.97 Å². The molecule has 1 aromatic rings. The van der Waals surface area contributed by atoms with Crippen LogP contribution in [0.4, 0.5) is 0 Å². The molecule has 1 aromatic carbocycles. The zero-order chi connectivity index (χ0) is 17.9. The predicted octanol–water partition coefficient (Wildman–Crippen LogP) is 4.72. The van der Waals surface area contributed by atoms with E-state index in [1.54, 1.807) is 18.2 Å². The molecule has 1 unspecified atom stereocenters. The van der Waals surface area contributed by atoms with Gasteiger partial charge in [0, 0.05) is 4.47 Å². The van der Waals surface area contributed by atoms with Crippen molar-refractivity contribution in [2.75, 3.05) is 6.61 Å². The zero-order valence-electron chi connectivity index (χ0n) is 14.8. The molecule has 1 N–H and O–H groups in total. The van der Waals surface area contributed by atoms with Gasteiger partial charge in [0.2, 0.25) is 0 Å². The van der Waals surface area contributed by atoms with Crippen LogP contribution in [0.2, 0.25) is 0 Å². The predicted molar refractivity (Wildman–Crippen MR) is 100.0 cm³/mol. The number of hydrogen-bond donors (Lipinski definition) is 1. The number of halogens is 1. The maximum Gasteiger partial charge on any atom is 0.328 e. The van der Waals surface area contributed by atoms with Gasteiger partial charge in [0.05, 0.1) is 12.2 Å². The van der Waals surface area contributed by atoms with Crippen LogP contribution in [0.15, 0.2) is 28.7 Å². The molecular weight excluding hydrogens is 370 g/mol. The number of nitrogens with one attached hydrogen (secondary N) is 1. The van der Waals surface area contributed by atoms with Crippen molar-refractivity contribution < 1.29 is 14.3 Å². The molecule has 0 saturated carbocycles. The Balaban J connectivity index is 2.62. The second-order valence-corrected chi connectivity index (χ2v) is 7.22. The van der Waals surface area contributed by atoms with Crippen molar-refractivity contribution in [2.45, 2.75) is 58.9 Å². The van der Waals surface area contributed by atoms with Crippen LogP contribution in [0.3, 0.4) is 0 Å². The summed E-state index contributed by atoms with van der Waals surface area (Å²) in [6.07, 6.45) is 4.77. The third-order valence-corrected chi connectivity index (χ3v) is 4.35. The lowest BCUT2D eigenvalue weighted by atomic mass is 10.0. The fourth-order valence-corrected chi connectivity index (χ4v) is 2.83. The van der Waals surface area contributed by atoms with Gasteiger partial charge in [-0.25, -0.2) is 4.79 Å². The topological polar surface area (TPSA) is 55.4 Å². The monoisotopic (exact) mass is 397 g/mol. The lowest BCUT2D eigenvalue weighted by Gasteiger charge is -2.19. The van der Waals surface area contributed by atoms with Gasteiger partial charge in [-0.15, -0.1) is 0 Å². The molecule has 0 aliphatic rings. The summed E-state index contributed by atoms with van der Waals surface area (Å²) >= 11 is 3.36. The first-order valence-electron chi connectivity index (χ1n) is 8.67. The third-order valence-electron chi connectivity index (χ3n) is 3.66. The number of carbonyl (C=O) groups excluding carboxylic acids is 2. The van der Waals surface area contributed by atoms with Crippen LogP contribution in [0.1, 0.15) is 63.2 Å². The summed E-state index contributed by atoms with van der Waals surface area (Å²) in [5.41, 5.74) is 0.516. The van der Waals surface area contributed by atoms with Crippen molar-refractivity contribution in [3.05, 3.63) is 34.3 Å². The van der Waals surface area contributed by atoms with Crippen molar-refractivity contribution >= 4 is 27.8 Å². The normalized spacial score (nSPS) is 12.0. The van der Waals surface area contributed by atoms with Gasteiger partial charge in [-0.3, -0.25) is 4.79 Å². The second kappa shape index (κ2) is 11.2. The quantitative estimate of drug-likeness (QED) is 0.459. The minimum atomic E-state index is -0.615. The molecule has 5 heteroatoms. The Bertz CT molecular complexity index is 531. The highest BCUT2D eigenvalue weighted by atomic mass is 79.9. The van der Waals surface area contributed by atoms with E-state index in [2.05, 4.69) is 28.2 Å². The Morgan fingerprint density at radius 1 is 1.17 bits per heavy atom. The molecule has 1 rings (SSSR count). The minimum Gasteiger partial charge on any atom is -0.464 e.